The monoisotopic (exact) mass is 446 g/mol. The van der Waals surface area contributed by atoms with Crippen LogP contribution in [0.3, 0.4) is 0 Å². The minimum Gasteiger partial charge on any atom is -0.458 e. The van der Waals surface area contributed by atoms with E-state index in [1.807, 2.05) is 6.07 Å². The number of benzene rings is 1. The van der Waals surface area contributed by atoms with Crippen LogP contribution in [0.5, 0.6) is 0 Å². The van der Waals surface area contributed by atoms with Gasteiger partial charge in [0.1, 0.15) is 23.2 Å². The first kappa shape index (κ1) is 25.3. The number of ether oxygens (including phenoxy) is 1. The summed E-state index contributed by atoms with van der Waals surface area (Å²) >= 11 is 0. The molecule has 6 N–H and O–H groups in total. The summed E-state index contributed by atoms with van der Waals surface area (Å²) in [5.74, 6) is -2.56. The Labute approximate surface area is 188 Å². The van der Waals surface area contributed by atoms with Crippen molar-refractivity contribution in [3.05, 3.63) is 35.9 Å². The molecule has 1 fully saturated rings. The summed E-state index contributed by atoms with van der Waals surface area (Å²) in [4.78, 5) is 50.4. The van der Waals surface area contributed by atoms with E-state index in [1.165, 1.54) is 0 Å². The molecule has 2 atom stereocenters. The molecule has 3 amide bonds. The molecule has 0 bridgehead atoms. The summed E-state index contributed by atoms with van der Waals surface area (Å²) in [5, 5.41) is 5.43. The number of primary amides is 1. The highest BCUT2D eigenvalue weighted by atomic mass is 16.6. The second kappa shape index (κ2) is 10.6. The van der Waals surface area contributed by atoms with Crippen molar-refractivity contribution in [2.45, 2.75) is 82.5 Å². The second-order valence-corrected chi connectivity index (χ2v) is 9.25. The van der Waals surface area contributed by atoms with Gasteiger partial charge in [-0.1, -0.05) is 49.6 Å². The highest BCUT2D eigenvalue weighted by molar-refractivity contribution is 5.96. The molecular weight excluding hydrogens is 412 g/mol. The molecule has 1 aromatic rings. The smallest absolute Gasteiger partial charge is 0.329 e. The molecule has 176 valence electrons. The lowest BCUT2D eigenvalue weighted by molar-refractivity contribution is -0.160. The number of hydrogen-bond acceptors (Lipinski definition) is 6. The number of amides is 3. The largest absolute Gasteiger partial charge is 0.458 e. The quantitative estimate of drug-likeness (QED) is 0.440. The van der Waals surface area contributed by atoms with E-state index in [2.05, 4.69) is 10.6 Å². The van der Waals surface area contributed by atoms with Crippen LogP contribution in [0.2, 0.25) is 0 Å². The van der Waals surface area contributed by atoms with Gasteiger partial charge in [0.2, 0.25) is 17.7 Å². The van der Waals surface area contributed by atoms with Gasteiger partial charge in [0.15, 0.2) is 0 Å². The van der Waals surface area contributed by atoms with Gasteiger partial charge in [-0.05, 0) is 39.2 Å². The lowest BCUT2D eigenvalue weighted by atomic mass is 9.80. The van der Waals surface area contributed by atoms with Gasteiger partial charge in [-0.25, -0.2) is 4.79 Å². The summed E-state index contributed by atoms with van der Waals surface area (Å²) < 4.78 is 5.33. The van der Waals surface area contributed by atoms with E-state index < -0.39 is 53.3 Å². The zero-order chi connectivity index (χ0) is 23.9. The molecule has 9 heteroatoms. The maximum Gasteiger partial charge on any atom is 0.329 e. The number of hydrogen-bond donors (Lipinski definition) is 4. The van der Waals surface area contributed by atoms with Crippen LogP contribution >= 0.6 is 0 Å². The second-order valence-electron chi connectivity index (χ2n) is 9.25. The van der Waals surface area contributed by atoms with Crippen LogP contribution in [0.25, 0.3) is 0 Å². The van der Waals surface area contributed by atoms with E-state index in [9.17, 15) is 19.2 Å². The topological polar surface area (TPSA) is 154 Å². The maximum absolute atomic E-state index is 13.4. The standard InChI is InChI=1S/C23H34N4O5/c1-22(2,3)32-20(30)16(14-17(24)28)26-21(31)23(12-8-5-9-13-23)27-19(29)18(25)15-10-6-4-7-11-15/h4,6-7,10-11,16,18H,5,8-9,12-14,25H2,1-3H3,(H2,24,28)(H,26,31)(H,27,29)/t16-,18+/m0/s1. The number of nitrogens with two attached hydrogens (primary N) is 2. The van der Waals surface area contributed by atoms with Crippen molar-refractivity contribution in [3.63, 3.8) is 0 Å². The summed E-state index contributed by atoms with van der Waals surface area (Å²) in [6, 6.07) is 6.65. The minimum absolute atomic E-state index is 0.393. The van der Waals surface area contributed by atoms with Gasteiger partial charge in [0, 0.05) is 0 Å². The molecule has 1 aromatic carbocycles. The molecule has 0 aliphatic heterocycles. The Kier molecular flexibility index (Phi) is 8.38. The molecule has 0 saturated heterocycles. The molecular formula is C23H34N4O5. The van der Waals surface area contributed by atoms with E-state index in [-0.39, 0.29) is 0 Å². The maximum atomic E-state index is 13.4. The fourth-order valence-corrected chi connectivity index (χ4v) is 3.75. The predicted molar refractivity (Wildman–Crippen MR) is 119 cm³/mol. The zero-order valence-electron chi connectivity index (χ0n) is 19.0. The van der Waals surface area contributed by atoms with Gasteiger partial charge in [0.25, 0.3) is 0 Å². The highest BCUT2D eigenvalue weighted by Gasteiger charge is 2.43. The third-order valence-electron chi connectivity index (χ3n) is 5.35. The van der Waals surface area contributed by atoms with Crippen molar-refractivity contribution in [1.82, 2.24) is 10.6 Å². The fraction of sp³-hybridized carbons (Fsp3) is 0.565. The Hall–Kier alpha value is -2.94. The van der Waals surface area contributed by atoms with E-state index in [0.29, 0.717) is 18.4 Å². The molecule has 2 rings (SSSR count). The van der Waals surface area contributed by atoms with Crippen LogP contribution in [-0.4, -0.2) is 40.9 Å². The highest BCUT2D eigenvalue weighted by Crippen LogP contribution is 2.29. The van der Waals surface area contributed by atoms with Crippen molar-refractivity contribution in [1.29, 1.82) is 0 Å². The molecule has 0 heterocycles. The van der Waals surface area contributed by atoms with Crippen LogP contribution in [-0.2, 0) is 23.9 Å². The third kappa shape index (κ3) is 7.05. The van der Waals surface area contributed by atoms with Gasteiger partial charge in [-0.2, -0.15) is 0 Å². The van der Waals surface area contributed by atoms with Crippen LogP contribution in [0.1, 0.15) is 70.9 Å². The number of nitrogens with one attached hydrogen (secondary N) is 2. The predicted octanol–water partition coefficient (Wildman–Crippen LogP) is 1.21. The first-order valence-corrected chi connectivity index (χ1v) is 10.9. The van der Waals surface area contributed by atoms with Crippen molar-refractivity contribution in [2.24, 2.45) is 11.5 Å². The van der Waals surface area contributed by atoms with Crippen LogP contribution in [0, 0.1) is 0 Å². The summed E-state index contributed by atoms with van der Waals surface area (Å²) in [6.45, 7) is 5.05. The lowest BCUT2D eigenvalue weighted by Gasteiger charge is -2.38. The van der Waals surface area contributed by atoms with Crippen molar-refractivity contribution >= 4 is 23.7 Å². The minimum atomic E-state index is -1.25. The molecule has 0 radical (unpaired) electrons. The molecule has 9 nitrogen and oxygen atoms in total. The first-order chi connectivity index (χ1) is 14.9. The Morgan fingerprint density at radius 1 is 1.06 bits per heavy atom. The molecule has 32 heavy (non-hydrogen) atoms. The van der Waals surface area contributed by atoms with Crippen molar-refractivity contribution in [3.8, 4) is 0 Å². The first-order valence-electron chi connectivity index (χ1n) is 10.9. The Bertz CT molecular complexity index is 829. The average Bonchev–Trinajstić information content (AvgIpc) is 2.72. The van der Waals surface area contributed by atoms with Gasteiger partial charge in [-0.15, -0.1) is 0 Å². The van der Waals surface area contributed by atoms with Gasteiger partial charge < -0.3 is 26.8 Å². The van der Waals surface area contributed by atoms with E-state index in [4.69, 9.17) is 16.2 Å². The lowest BCUT2D eigenvalue weighted by Crippen LogP contribution is -2.63. The van der Waals surface area contributed by atoms with Gasteiger partial charge >= 0.3 is 5.97 Å². The number of carbonyl (C=O) groups is 4. The number of carbonyl (C=O) groups excluding carboxylic acids is 4. The molecule has 1 aliphatic rings. The van der Waals surface area contributed by atoms with Gasteiger partial charge in [0.05, 0.1) is 6.42 Å². The normalized spacial score (nSPS) is 17.5. The van der Waals surface area contributed by atoms with Crippen molar-refractivity contribution < 1.29 is 23.9 Å². The third-order valence-corrected chi connectivity index (χ3v) is 5.35. The Morgan fingerprint density at radius 2 is 1.66 bits per heavy atom. The Morgan fingerprint density at radius 3 is 2.19 bits per heavy atom. The van der Waals surface area contributed by atoms with E-state index in [0.717, 1.165) is 19.3 Å². The van der Waals surface area contributed by atoms with Crippen LogP contribution < -0.4 is 22.1 Å². The summed E-state index contributed by atoms with van der Waals surface area (Å²) in [5.41, 5.74) is 9.98. The molecule has 0 spiro atoms. The van der Waals surface area contributed by atoms with Crippen LogP contribution in [0.15, 0.2) is 30.3 Å². The van der Waals surface area contributed by atoms with E-state index in [1.54, 1.807) is 45.0 Å². The van der Waals surface area contributed by atoms with Gasteiger partial charge in [-0.3, -0.25) is 14.4 Å². The molecule has 1 aliphatic carbocycles. The Balaban J connectivity index is 2.22. The summed E-state index contributed by atoms with van der Waals surface area (Å²) in [7, 11) is 0. The molecule has 0 aromatic heterocycles. The fourth-order valence-electron chi connectivity index (χ4n) is 3.75. The number of rotatable bonds is 8. The molecule has 0 unspecified atom stereocenters. The van der Waals surface area contributed by atoms with Crippen molar-refractivity contribution in [2.75, 3.05) is 0 Å². The SMILES string of the molecule is CC(C)(C)OC(=O)[C@H](CC(N)=O)NC(=O)C1(NC(=O)[C@H](N)c2ccccc2)CCCCC1. The average molecular weight is 447 g/mol. The van der Waals surface area contributed by atoms with E-state index >= 15 is 0 Å². The van der Waals surface area contributed by atoms with Crippen LogP contribution in [0.4, 0.5) is 0 Å². The number of esters is 1. The zero-order valence-corrected chi connectivity index (χ0v) is 19.0. The summed E-state index contributed by atoms with van der Waals surface area (Å²) in [6.07, 6.45) is 2.75. The molecule has 1 saturated carbocycles.